The molecule has 4 nitrogen and oxygen atoms in total. The first-order valence-electron chi connectivity index (χ1n) is 9.27. The second-order valence-corrected chi connectivity index (χ2v) is 6.36. The van der Waals surface area contributed by atoms with Gasteiger partial charge in [0.15, 0.2) is 0 Å². The molecule has 0 saturated heterocycles. The predicted molar refractivity (Wildman–Crippen MR) is 109 cm³/mol. The summed E-state index contributed by atoms with van der Waals surface area (Å²) in [4.78, 5) is 8.69. The molecule has 4 heteroatoms. The fraction of sp³-hybridized carbons (Fsp3) is 0.364. The molecule has 2 N–H and O–H groups in total. The van der Waals surface area contributed by atoms with Crippen molar-refractivity contribution in [2.24, 2.45) is 9.98 Å². The second-order valence-electron chi connectivity index (χ2n) is 6.36. The molecule has 0 radical (unpaired) electrons. The third-order valence-electron chi connectivity index (χ3n) is 4.08. The largest absolute Gasteiger partial charge is 0.507 e. The lowest BCUT2D eigenvalue weighted by Crippen LogP contribution is -1.93. The summed E-state index contributed by atoms with van der Waals surface area (Å²) in [5.41, 5.74) is 3.88. The molecule has 2 aromatic carbocycles. The Morgan fingerprint density at radius 3 is 1.54 bits per heavy atom. The van der Waals surface area contributed by atoms with Crippen molar-refractivity contribution >= 4 is 12.4 Å². The van der Waals surface area contributed by atoms with Gasteiger partial charge in [-0.3, -0.25) is 9.98 Å². The van der Waals surface area contributed by atoms with E-state index in [1.165, 1.54) is 11.1 Å². The lowest BCUT2D eigenvalue weighted by Gasteiger charge is -2.03. The molecule has 0 bridgehead atoms. The van der Waals surface area contributed by atoms with Crippen LogP contribution >= 0.6 is 0 Å². The number of phenolic OH excluding ortho intramolecular Hbond substituents is 2. The van der Waals surface area contributed by atoms with E-state index in [1.807, 2.05) is 24.3 Å². The zero-order valence-electron chi connectivity index (χ0n) is 15.7. The molecule has 0 spiro atoms. The molecule has 0 fully saturated rings. The summed E-state index contributed by atoms with van der Waals surface area (Å²) < 4.78 is 0. The number of benzene rings is 2. The van der Waals surface area contributed by atoms with Crippen LogP contribution in [-0.4, -0.2) is 35.7 Å². The van der Waals surface area contributed by atoms with Gasteiger partial charge in [-0.1, -0.05) is 38.8 Å². The van der Waals surface area contributed by atoms with E-state index >= 15 is 0 Å². The van der Waals surface area contributed by atoms with Crippen molar-refractivity contribution < 1.29 is 10.2 Å². The molecular weight excluding hydrogens is 324 g/mol. The van der Waals surface area contributed by atoms with Gasteiger partial charge in [-0.15, -0.1) is 0 Å². The fourth-order valence-corrected chi connectivity index (χ4v) is 2.74. The topological polar surface area (TPSA) is 65.2 Å². The summed E-state index contributed by atoms with van der Waals surface area (Å²) in [5, 5.41) is 19.8. The summed E-state index contributed by atoms with van der Waals surface area (Å²) in [6, 6.07) is 11.3. The zero-order valence-corrected chi connectivity index (χ0v) is 15.7. The molecule has 2 aromatic rings. The number of aromatic hydroxyl groups is 2. The van der Waals surface area contributed by atoms with Crippen molar-refractivity contribution in [2.75, 3.05) is 13.1 Å². The smallest absolute Gasteiger partial charge is 0.124 e. The summed E-state index contributed by atoms with van der Waals surface area (Å²) in [6.07, 6.45) is 7.52. The molecule has 0 aliphatic heterocycles. The normalized spacial score (nSPS) is 11.6. The molecule has 0 unspecified atom stereocenters. The molecule has 2 rings (SSSR count). The van der Waals surface area contributed by atoms with Crippen LogP contribution in [-0.2, 0) is 12.8 Å². The van der Waals surface area contributed by atoms with E-state index in [2.05, 4.69) is 23.8 Å². The minimum atomic E-state index is 0.245. The van der Waals surface area contributed by atoms with Gasteiger partial charge < -0.3 is 10.2 Å². The molecule has 26 heavy (non-hydrogen) atoms. The molecule has 138 valence electrons. The summed E-state index contributed by atoms with van der Waals surface area (Å²) >= 11 is 0. The number of phenols is 2. The molecule has 0 saturated carbocycles. The van der Waals surface area contributed by atoms with Crippen LogP contribution in [0.4, 0.5) is 0 Å². The highest BCUT2D eigenvalue weighted by atomic mass is 16.3. The van der Waals surface area contributed by atoms with E-state index in [0.717, 1.165) is 36.8 Å². The van der Waals surface area contributed by atoms with Crippen molar-refractivity contribution in [1.29, 1.82) is 0 Å². The summed E-state index contributed by atoms with van der Waals surface area (Å²) in [6.45, 7) is 5.33. The maximum atomic E-state index is 9.91. The van der Waals surface area contributed by atoms with Crippen LogP contribution in [0.15, 0.2) is 46.4 Å². The first-order chi connectivity index (χ1) is 12.6. The Kier molecular flexibility index (Phi) is 7.87. The van der Waals surface area contributed by atoms with Gasteiger partial charge in [0.2, 0.25) is 0 Å². The van der Waals surface area contributed by atoms with Crippen LogP contribution in [0.5, 0.6) is 11.5 Å². The van der Waals surface area contributed by atoms with Crippen LogP contribution in [0.25, 0.3) is 0 Å². The van der Waals surface area contributed by atoms with Gasteiger partial charge in [-0.2, -0.15) is 0 Å². The number of aryl methyl sites for hydroxylation is 2. The van der Waals surface area contributed by atoms with Gasteiger partial charge in [-0.05, 0) is 48.2 Å². The maximum absolute atomic E-state index is 9.91. The van der Waals surface area contributed by atoms with Gasteiger partial charge >= 0.3 is 0 Å². The average molecular weight is 352 g/mol. The van der Waals surface area contributed by atoms with Gasteiger partial charge in [-0.25, -0.2) is 0 Å². The maximum Gasteiger partial charge on any atom is 0.124 e. The number of hydrogen-bond donors (Lipinski definition) is 2. The highest BCUT2D eigenvalue weighted by Gasteiger charge is 2.01. The number of rotatable bonds is 9. The highest BCUT2D eigenvalue weighted by Crippen LogP contribution is 2.18. The third kappa shape index (κ3) is 6.03. The van der Waals surface area contributed by atoms with Crippen LogP contribution < -0.4 is 0 Å². The quantitative estimate of drug-likeness (QED) is 0.514. The Morgan fingerprint density at radius 1 is 0.731 bits per heavy atom. The zero-order chi connectivity index (χ0) is 18.8. The Bertz CT molecular complexity index is 701. The van der Waals surface area contributed by atoms with Gasteiger partial charge in [0.1, 0.15) is 11.5 Å². The molecule has 0 aliphatic rings. The molecule has 0 aromatic heterocycles. The van der Waals surface area contributed by atoms with Crippen molar-refractivity contribution in [1.82, 2.24) is 0 Å². The summed E-state index contributed by atoms with van der Waals surface area (Å²) in [5.74, 6) is 0.490. The van der Waals surface area contributed by atoms with Crippen molar-refractivity contribution in [3.8, 4) is 11.5 Å². The first-order valence-corrected chi connectivity index (χ1v) is 9.27. The minimum absolute atomic E-state index is 0.245. The van der Waals surface area contributed by atoms with Gasteiger partial charge in [0, 0.05) is 23.6 Å². The van der Waals surface area contributed by atoms with Crippen LogP contribution in [0, 0.1) is 0 Å². The minimum Gasteiger partial charge on any atom is -0.507 e. The van der Waals surface area contributed by atoms with Crippen molar-refractivity contribution in [3.05, 3.63) is 58.7 Å². The third-order valence-corrected chi connectivity index (χ3v) is 4.08. The molecule has 0 heterocycles. The van der Waals surface area contributed by atoms with E-state index in [0.29, 0.717) is 13.1 Å². The first kappa shape index (κ1) is 19.7. The second kappa shape index (κ2) is 10.4. The van der Waals surface area contributed by atoms with Crippen LogP contribution in [0.1, 0.15) is 48.9 Å². The lowest BCUT2D eigenvalue weighted by molar-refractivity contribution is 0.473. The Hall–Kier alpha value is -2.62. The molecule has 0 aliphatic carbocycles. The number of hydrogen-bond acceptors (Lipinski definition) is 4. The van der Waals surface area contributed by atoms with Crippen molar-refractivity contribution in [2.45, 2.75) is 39.5 Å². The molecular formula is C22H28N2O2. The highest BCUT2D eigenvalue weighted by molar-refractivity contribution is 5.84. The van der Waals surface area contributed by atoms with Crippen LogP contribution in [0.2, 0.25) is 0 Å². The van der Waals surface area contributed by atoms with Gasteiger partial charge in [0.05, 0.1) is 13.1 Å². The van der Waals surface area contributed by atoms with E-state index in [1.54, 1.807) is 24.6 Å². The lowest BCUT2D eigenvalue weighted by atomic mass is 10.1. The van der Waals surface area contributed by atoms with E-state index in [9.17, 15) is 10.2 Å². The van der Waals surface area contributed by atoms with E-state index in [-0.39, 0.29) is 11.5 Å². The SMILES string of the molecule is CCCc1ccc(O)c(C=NCCN=Cc2cc(CCC)ccc2O)c1. The van der Waals surface area contributed by atoms with Crippen molar-refractivity contribution in [3.63, 3.8) is 0 Å². The summed E-state index contributed by atoms with van der Waals surface area (Å²) in [7, 11) is 0. The standard InChI is InChI=1S/C22H28N2O2/c1-3-5-17-7-9-21(25)19(13-17)15-23-11-12-24-16-20-14-18(6-4-2)8-10-22(20)26/h7-10,13-16,25-26H,3-6,11-12H2,1-2H3. The molecule has 0 atom stereocenters. The van der Waals surface area contributed by atoms with Crippen LogP contribution in [0.3, 0.4) is 0 Å². The Morgan fingerprint density at radius 2 is 1.15 bits per heavy atom. The average Bonchev–Trinajstić information content (AvgIpc) is 2.63. The Balaban J connectivity index is 1.90. The number of aliphatic imine (C=N–C) groups is 2. The molecule has 0 amide bonds. The predicted octanol–water partition coefficient (Wildman–Crippen LogP) is 4.54. The number of nitrogens with zero attached hydrogens (tertiary/aromatic N) is 2. The van der Waals surface area contributed by atoms with Gasteiger partial charge in [0.25, 0.3) is 0 Å². The monoisotopic (exact) mass is 352 g/mol. The van der Waals surface area contributed by atoms with E-state index < -0.39 is 0 Å². The van der Waals surface area contributed by atoms with E-state index in [4.69, 9.17) is 0 Å². The fourth-order valence-electron chi connectivity index (χ4n) is 2.74. The Labute approximate surface area is 156 Å².